The fraction of sp³-hybridized carbons (Fsp3) is 0.500. The Morgan fingerprint density at radius 3 is 2.24 bits per heavy atom. The fourth-order valence-corrected chi connectivity index (χ4v) is 3.07. The van der Waals surface area contributed by atoms with Crippen LogP contribution in [0.25, 0.3) is 0 Å². The molecule has 0 unspecified atom stereocenters. The van der Waals surface area contributed by atoms with Gasteiger partial charge in [0.25, 0.3) is 0 Å². The molecule has 1 aliphatic heterocycles. The van der Waals surface area contributed by atoms with E-state index in [1.54, 1.807) is 4.90 Å². The van der Waals surface area contributed by atoms with Crippen LogP contribution in [0, 0.1) is 0 Å². The van der Waals surface area contributed by atoms with Crippen molar-refractivity contribution in [3.05, 3.63) is 30.3 Å². The van der Waals surface area contributed by atoms with Crippen molar-refractivity contribution < 1.29 is 13.2 Å². The highest BCUT2D eigenvalue weighted by atomic mass is 32.2. The average Bonchev–Trinajstić information content (AvgIpc) is 2.49. The lowest BCUT2D eigenvalue weighted by atomic mass is 10.3. The molecule has 0 atom stereocenters. The number of carbonyl (C=O) groups excluding carboxylic acids is 1. The number of nitrogens with one attached hydrogen (secondary N) is 1. The number of nitrogens with zero attached hydrogens (tertiary/aromatic N) is 1. The van der Waals surface area contributed by atoms with Gasteiger partial charge in [-0.25, -0.2) is 8.42 Å². The minimum Gasteiger partial charge on any atom is -0.341 e. The number of nitrogen functional groups attached to an aromatic ring is 1. The van der Waals surface area contributed by atoms with Crippen LogP contribution in [0.4, 0.5) is 5.69 Å². The number of benzene rings is 1. The molecule has 1 aliphatic rings. The van der Waals surface area contributed by atoms with Gasteiger partial charge in [-0.3, -0.25) is 10.6 Å². The number of hydrazine groups is 1. The molecule has 6 nitrogen and oxygen atoms in total. The number of carbonyl (C=O) groups is 1. The topological polar surface area (TPSA) is 92.5 Å². The van der Waals surface area contributed by atoms with E-state index in [1.807, 2.05) is 37.3 Å². The summed E-state index contributed by atoms with van der Waals surface area (Å²) < 4.78 is 22.1. The van der Waals surface area contributed by atoms with Crippen LogP contribution < -0.4 is 11.3 Å². The van der Waals surface area contributed by atoms with Gasteiger partial charge in [0.05, 0.1) is 11.5 Å². The molecular weight excluding hydrogens is 290 g/mol. The largest absolute Gasteiger partial charge is 0.341 e. The third-order valence-corrected chi connectivity index (χ3v) is 4.71. The number of para-hydroxylation sites is 1. The normalized spacial score (nSPS) is 16.6. The van der Waals surface area contributed by atoms with Crippen molar-refractivity contribution in [2.24, 2.45) is 5.84 Å². The van der Waals surface area contributed by atoms with Gasteiger partial charge >= 0.3 is 0 Å². The summed E-state index contributed by atoms with van der Waals surface area (Å²) in [6.45, 7) is 2.70. The Labute approximate surface area is 126 Å². The van der Waals surface area contributed by atoms with E-state index >= 15 is 0 Å². The molecule has 0 bridgehead atoms. The number of amides is 1. The van der Waals surface area contributed by atoms with Crippen LogP contribution in [0.2, 0.25) is 0 Å². The summed E-state index contributed by atoms with van der Waals surface area (Å²) in [5.74, 6) is 5.44. The summed E-state index contributed by atoms with van der Waals surface area (Å²) >= 11 is 0. The Hall–Kier alpha value is -1.60. The van der Waals surface area contributed by atoms with Gasteiger partial charge in [0, 0.05) is 25.2 Å². The lowest BCUT2D eigenvalue weighted by Gasteiger charge is -2.26. The van der Waals surface area contributed by atoms with Crippen molar-refractivity contribution >= 4 is 21.4 Å². The van der Waals surface area contributed by atoms with Crippen molar-refractivity contribution in [1.82, 2.24) is 4.90 Å². The average molecular weight is 313 g/mol. The van der Waals surface area contributed by atoms with Gasteiger partial charge in [-0.05, 0) is 18.6 Å². The first-order valence-corrected chi connectivity index (χ1v) is 8.80. The van der Waals surface area contributed by atoms with Gasteiger partial charge in [-0.1, -0.05) is 25.1 Å². The Balaban J connectivity index is 0.000000235. The Morgan fingerprint density at radius 1 is 1.24 bits per heavy atom. The standard InChI is InChI=1S/C8H15NO3S.C6H8N2/c1-2-3-8(10)9-4-6-13(11,12)7-5-9;7-8-6-4-2-1-3-5-6/h2-7H2,1H3;1-5,8H,7H2. The maximum Gasteiger partial charge on any atom is 0.222 e. The summed E-state index contributed by atoms with van der Waals surface area (Å²) in [6, 6.07) is 9.60. The third kappa shape index (κ3) is 6.59. The molecule has 2 rings (SSSR count). The Morgan fingerprint density at radius 2 is 1.81 bits per heavy atom. The van der Waals surface area contributed by atoms with E-state index in [4.69, 9.17) is 5.84 Å². The van der Waals surface area contributed by atoms with Crippen LogP contribution in [0.5, 0.6) is 0 Å². The molecule has 1 heterocycles. The number of hydrogen-bond acceptors (Lipinski definition) is 5. The zero-order chi connectivity index (χ0) is 15.7. The molecule has 0 radical (unpaired) electrons. The number of nitrogens with two attached hydrogens (primary N) is 1. The van der Waals surface area contributed by atoms with E-state index < -0.39 is 9.84 Å². The first-order valence-electron chi connectivity index (χ1n) is 6.98. The summed E-state index contributed by atoms with van der Waals surface area (Å²) in [5, 5.41) is 0. The lowest BCUT2D eigenvalue weighted by Crippen LogP contribution is -2.43. The van der Waals surface area contributed by atoms with Crippen LogP contribution in [0.1, 0.15) is 19.8 Å². The minimum absolute atomic E-state index is 0.0809. The first-order chi connectivity index (χ1) is 9.98. The highest BCUT2D eigenvalue weighted by molar-refractivity contribution is 7.91. The molecule has 0 aromatic heterocycles. The molecule has 21 heavy (non-hydrogen) atoms. The fourth-order valence-electron chi connectivity index (χ4n) is 1.87. The van der Waals surface area contributed by atoms with Crippen LogP contribution in [-0.4, -0.2) is 43.8 Å². The molecule has 3 N–H and O–H groups in total. The van der Waals surface area contributed by atoms with Crippen LogP contribution in [0.15, 0.2) is 30.3 Å². The first kappa shape index (κ1) is 17.5. The Bertz CT molecular complexity index is 518. The SMILES string of the molecule is CCCC(=O)N1CCS(=O)(=O)CC1.NNc1ccccc1. The molecule has 1 saturated heterocycles. The van der Waals surface area contributed by atoms with Crippen LogP contribution in [-0.2, 0) is 14.6 Å². The second-order valence-electron chi connectivity index (χ2n) is 4.79. The lowest BCUT2D eigenvalue weighted by molar-refractivity contribution is -0.130. The molecule has 0 saturated carbocycles. The minimum atomic E-state index is -2.86. The molecule has 118 valence electrons. The number of hydrogen-bond donors (Lipinski definition) is 2. The molecule has 1 aromatic rings. The summed E-state index contributed by atoms with van der Waals surface area (Å²) in [5.41, 5.74) is 3.46. The second kappa shape index (κ2) is 8.63. The van der Waals surface area contributed by atoms with E-state index in [0.29, 0.717) is 19.5 Å². The monoisotopic (exact) mass is 313 g/mol. The van der Waals surface area contributed by atoms with Crippen molar-refractivity contribution in [3.8, 4) is 0 Å². The highest BCUT2D eigenvalue weighted by Gasteiger charge is 2.23. The predicted octanol–water partition coefficient (Wildman–Crippen LogP) is 1.02. The van der Waals surface area contributed by atoms with E-state index in [2.05, 4.69) is 5.43 Å². The van der Waals surface area contributed by atoms with Crippen LogP contribution >= 0.6 is 0 Å². The molecular formula is C14H23N3O3S. The van der Waals surface area contributed by atoms with E-state index in [-0.39, 0.29) is 17.4 Å². The number of rotatable bonds is 3. The highest BCUT2D eigenvalue weighted by Crippen LogP contribution is 2.06. The smallest absolute Gasteiger partial charge is 0.222 e. The van der Waals surface area contributed by atoms with Gasteiger partial charge in [-0.2, -0.15) is 0 Å². The maximum atomic E-state index is 11.3. The van der Waals surface area contributed by atoms with E-state index in [0.717, 1.165) is 12.1 Å². The molecule has 0 spiro atoms. The summed E-state index contributed by atoms with van der Waals surface area (Å²) in [4.78, 5) is 13.0. The van der Waals surface area contributed by atoms with Gasteiger partial charge in [0.15, 0.2) is 9.84 Å². The van der Waals surface area contributed by atoms with Crippen LogP contribution in [0.3, 0.4) is 0 Å². The quantitative estimate of drug-likeness (QED) is 0.642. The molecule has 1 fully saturated rings. The molecule has 1 aromatic carbocycles. The van der Waals surface area contributed by atoms with Crippen molar-refractivity contribution in [2.75, 3.05) is 30.0 Å². The zero-order valence-corrected chi connectivity index (χ0v) is 13.1. The molecule has 0 aliphatic carbocycles. The number of sulfone groups is 1. The van der Waals surface area contributed by atoms with Gasteiger partial charge < -0.3 is 10.3 Å². The summed E-state index contributed by atoms with van der Waals surface area (Å²) in [6.07, 6.45) is 1.35. The van der Waals surface area contributed by atoms with E-state index in [1.165, 1.54) is 0 Å². The van der Waals surface area contributed by atoms with Crippen molar-refractivity contribution in [3.63, 3.8) is 0 Å². The Kier molecular flexibility index (Phi) is 7.18. The number of anilines is 1. The van der Waals surface area contributed by atoms with Crippen molar-refractivity contribution in [1.29, 1.82) is 0 Å². The van der Waals surface area contributed by atoms with Gasteiger partial charge in [0.2, 0.25) is 5.91 Å². The third-order valence-electron chi connectivity index (χ3n) is 3.10. The maximum absolute atomic E-state index is 11.3. The summed E-state index contributed by atoms with van der Waals surface area (Å²) in [7, 11) is -2.86. The predicted molar refractivity (Wildman–Crippen MR) is 84.4 cm³/mol. The van der Waals surface area contributed by atoms with Gasteiger partial charge in [0.1, 0.15) is 0 Å². The zero-order valence-electron chi connectivity index (χ0n) is 12.3. The van der Waals surface area contributed by atoms with Crippen molar-refractivity contribution in [2.45, 2.75) is 19.8 Å². The molecule has 1 amide bonds. The van der Waals surface area contributed by atoms with Gasteiger partial charge in [-0.15, -0.1) is 0 Å². The van der Waals surface area contributed by atoms with E-state index in [9.17, 15) is 13.2 Å². The second-order valence-corrected chi connectivity index (χ2v) is 7.10. The molecule has 7 heteroatoms.